The molecule has 2 atom stereocenters. The van der Waals surface area contributed by atoms with Gasteiger partial charge in [0.15, 0.2) is 12.1 Å². The monoisotopic (exact) mass is 503 g/mol. The molecule has 37 heavy (non-hydrogen) atoms. The van der Waals surface area contributed by atoms with Crippen LogP contribution in [-0.4, -0.2) is 28.8 Å². The van der Waals surface area contributed by atoms with Crippen molar-refractivity contribution in [2.45, 2.75) is 45.9 Å². The van der Waals surface area contributed by atoms with Crippen molar-refractivity contribution in [3.8, 4) is 0 Å². The first-order valence-corrected chi connectivity index (χ1v) is 12.2. The molecular weight excluding hydrogens is 473 g/mol. The van der Waals surface area contributed by atoms with E-state index in [0.717, 1.165) is 11.1 Å². The molecule has 7 nitrogen and oxygen atoms in total. The number of halogens is 1. The van der Waals surface area contributed by atoms with Crippen LogP contribution in [0.15, 0.2) is 72.8 Å². The highest BCUT2D eigenvalue weighted by Crippen LogP contribution is 2.35. The van der Waals surface area contributed by atoms with Crippen molar-refractivity contribution in [3.63, 3.8) is 0 Å². The summed E-state index contributed by atoms with van der Waals surface area (Å²) in [6.07, 6.45) is -1.08. The fourth-order valence-electron chi connectivity index (χ4n) is 4.31. The van der Waals surface area contributed by atoms with Crippen LogP contribution >= 0.6 is 0 Å². The van der Waals surface area contributed by atoms with Crippen LogP contribution in [0.25, 0.3) is 0 Å². The number of cyclic esters (lactones) is 1. The molecule has 192 valence electrons. The summed E-state index contributed by atoms with van der Waals surface area (Å²) in [6, 6.07) is 19.0. The largest absolute Gasteiger partial charge is 0.438 e. The molecule has 2 N–H and O–H groups in total. The first-order valence-electron chi connectivity index (χ1n) is 12.2. The van der Waals surface area contributed by atoms with Crippen molar-refractivity contribution in [2.24, 2.45) is 5.92 Å². The standard InChI is InChI=1S/C29H30FN3O4/c1-18(2)15-25(34)31-23-11-7-21(8-12-23)27-26(28(35)32-24-13-9-22(30)10-14-24)33(29(36)37-27)17-20-6-4-5-19(3)16-20/h4-14,16,18,26-27H,15,17H2,1-3H3,(H,31,34)(H,32,35)/t26-,27-/m1/s1. The summed E-state index contributed by atoms with van der Waals surface area (Å²) in [5.41, 5.74) is 3.52. The SMILES string of the molecule is Cc1cccc(CN2C(=O)O[C@H](c3ccc(NC(=O)CC(C)C)cc3)[C@@H]2C(=O)Nc2ccc(F)cc2)c1. The third-order valence-electron chi connectivity index (χ3n) is 6.02. The maximum atomic E-state index is 13.5. The van der Waals surface area contributed by atoms with E-state index < -0.39 is 30.0 Å². The Morgan fingerprint density at radius 3 is 2.27 bits per heavy atom. The maximum absolute atomic E-state index is 13.5. The quantitative estimate of drug-likeness (QED) is 0.406. The number of nitrogens with zero attached hydrogens (tertiary/aromatic N) is 1. The third-order valence-corrected chi connectivity index (χ3v) is 6.02. The van der Waals surface area contributed by atoms with Crippen LogP contribution in [0.4, 0.5) is 20.6 Å². The molecule has 0 aromatic heterocycles. The maximum Gasteiger partial charge on any atom is 0.411 e. The predicted molar refractivity (Wildman–Crippen MR) is 139 cm³/mol. The summed E-state index contributed by atoms with van der Waals surface area (Å²) in [7, 11) is 0. The van der Waals surface area contributed by atoms with Crippen molar-refractivity contribution in [2.75, 3.05) is 10.6 Å². The van der Waals surface area contributed by atoms with E-state index in [2.05, 4.69) is 10.6 Å². The first-order chi connectivity index (χ1) is 17.7. The second-order valence-corrected chi connectivity index (χ2v) is 9.63. The van der Waals surface area contributed by atoms with Crippen molar-refractivity contribution in [1.82, 2.24) is 4.90 Å². The van der Waals surface area contributed by atoms with E-state index in [1.165, 1.54) is 29.2 Å². The molecule has 0 spiro atoms. The minimum Gasteiger partial charge on any atom is -0.438 e. The zero-order valence-corrected chi connectivity index (χ0v) is 21.0. The molecule has 8 heteroatoms. The number of anilines is 2. The number of aryl methyl sites for hydroxylation is 1. The van der Waals surface area contributed by atoms with Crippen LogP contribution in [-0.2, 0) is 20.9 Å². The predicted octanol–water partition coefficient (Wildman–Crippen LogP) is 5.82. The Morgan fingerprint density at radius 2 is 1.62 bits per heavy atom. The Labute approximate surface area is 215 Å². The molecule has 1 saturated heterocycles. The van der Waals surface area contributed by atoms with E-state index in [0.29, 0.717) is 23.4 Å². The van der Waals surface area contributed by atoms with Gasteiger partial charge in [-0.3, -0.25) is 14.5 Å². The van der Waals surface area contributed by atoms with E-state index in [1.807, 2.05) is 45.0 Å². The molecule has 3 aromatic rings. The van der Waals surface area contributed by atoms with Gasteiger partial charge in [-0.25, -0.2) is 9.18 Å². The van der Waals surface area contributed by atoms with Gasteiger partial charge in [-0.15, -0.1) is 0 Å². The molecule has 1 heterocycles. The Kier molecular flexibility index (Phi) is 7.86. The third kappa shape index (κ3) is 6.52. The zero-order valence-electron chi connectivity index (χ0n) is 21.0. The van der Waals surface area contributed by atoms with Crippen LogP contribution in [0, 0.1) is 18.7 Å². The fraction of sp³-hybridized carbons (Fsp3) is 0.276. The van der Waals surface area contributed by atoms with Gasteiger partial charge in [-0.2, -0.15) is 0 Å². The summed E-state index contributed by atoms with van der Waals surface area (Å²) in [5.74, 6) is -0.728. The van der Waals surface area contributed by atoms with Crippen LogP contribution in [0.2, 0.25) is 0 Å². The number of carbonyl (C=O) groups excluding carboxylic acids is 3. The number of benzene rings is 3. The van der Waals surface area contributed by atoms with Gasteiger partial charge in [0, 0.05) is 17.8 Å². The molecule has 1 fully saturated rings. The fourth-order valence-corrected chi connectivity index (χ4v) is 4.31. The number of hydrogen-bond donors (Lipinski definition) is 2. The zero-order chi connectivity index (χ0) is 26.5. The Morgan fingerprint density at radius 1 is 0.973 bits per heavy atom. The minimum absolute atomic E-state index is 0.0871. The molecule has 0 radical (unpaired) electrons. The van der Waals surface area contributed by atoms with Crippen LogP contribution in [0.3, 0.4) is 0 Å². The van der Waals surface area contributed by atoms with Crippen molar-refractivity contribution < 1.29 is 23.5 Å². The summed E-state index contributed by atoms with van der Waals surface area (Å²) >= 11 is 0. The molecule has 1 aliphatic rings. The number of nitrogens with one attached hydrogen (secondary N) is 2. The number of ether oxygens (including phenoxy) is 1. The smallest absolute Gasteiger partial charge is 0.411 e. The van der Waals surface area contributed by atoms with Gasteiger partial charge in [0.05, 0.1) is 6.54 Å². The molecule has 0 saturated carbocycles. The lowest BCUT2D eigenvalue weighted by Crippen LogP contribution is -2.43. The van der Waals surface area contributed by atoms with Gasteiger partial charge < -0.3 is 15.4 Å². The molecule has 3 aromatic carbocycles. The molecule has 0 aliphatic carbocycles. The number of rotatable bonds is 8. The van der Waals surface area contributed by atoms with Crippen LogP contribution < -0.4 is 10.6 Å². The summed E-state index contributed by atoms with van der Waals surface area (Å²) < 4.78 is 19.1. The molecule has 0 bridgehead atoms. The van der Waals surface area contributed by atoms with E-state index >= 15 is 0 Å². The number of hydrogen-bond acceptors (Lipinski definition) is 4. The lowest BCUT2D eigenvalue weighted by Gasteiger charge is -2.24. The molecule has 0 unspecified atom stereocenters. The van der Waals surface area contributed by atoms with Gasteiger partial charge in [0.1, 0.15) is 5.82 Å². The van der Waals surface area contributed by atoms with Gasteiger partial charge in [-0.05, 0) is 60.4 Å². The van der Waals surface area contributed by atoms with Crippen LogP contribution in [0.5, 0.6) is 0 Å². The highest BCUT2D eigenvalue weighted by atomic mass is 19.1. The normalized spacial score (nSPS) is 17.0. The average Bonchev–Trinajstić information content (AvgIpc) is 3.16. The Hall–Kier alpha value is -4.20. The Balaban J connectivity index is 1.60. The van der Waals surface area contributed by atoms with Gasteiger partial charge >= 0.3 is 6.09 Å². The average molecular weight is 504 g/mol. The summed E-state index contributed by atoms with van der Waals surface area (Å²) in [6.45, 7) is 6.07. The first kappa shape index (κ1) is 25.9. The minimum atomic E-state index is -0.973. The van der Waals surface area contributed by atoms with Crippen LogP contribution in [0.1, 0.15) is 43.1 Å². The lowest BCUT2D eigenvalue weighted by atomic mass is 10.00. The topological polar surface area (TPSA) is 87.7 Å². The molecular formula is C29H30FN3O4. The summed E-state index contributed by atoms with van der Waals surface area (Å²) in [5, 5.41) is 5.63. The van der Waals surface area contributed by atoms with Crippen molar-refractivity contribution >= 4 is 29.3 Å². The lowest BCUT2D eigenvalue weighted by molar-refractivity contribution is -0.121. The van der Waals surface area contributed by atoms with Gasteiger partial charge in [0.2, 0.25) is 5.91 Å². The second kappa shape index (κ2) is 11.2. The van der Waals surface area contributed by atoms with E-state index in [9.17, 15) is 18.8 Å². The van der Waals surface area contributed by atoms with Gasteiger partial charge in [-0.1, -0.05) is 55.8 Å². The van der Waals surface area contributed by atoms with E-state index in [-0.39, 0.29) is 18.4 Å². The van der Waals surface area contributed by atoms with E-state index in [4.69, 9.17) is 4.74 Å². The van der Waals surface area contributed by atoms with Gasteiger partial charge in [0.25, 0.3) is 5.91 Å². The highest BCUT2D eigenvalue weighted by molar-refractivity contribution is 5.98. The second-order valence-electron chi connectivity index (χ2n) is 9.63. The Bertz CT molecular complexity index is 1280. The highest BCUT2D eigenvalue weighted by Gasteiger charge is 2.47. The number of carbonyl (C=O) groups is 3. The molecule has 4 rings (SSSR count). The molecule has 3 amide bonds. The molecule has 1 aliphatic heterocycles. The summed E-state index contributed by atoms with van der Waals surface area (Å²) in [4.78, 5) is 40.0. The van der Waals surface area contributed by atoms with Crippen molar-refractivity contribution in [3.05, 3.63) is 95.3 Å². The number of amides is 3. The van der Waals surface area contributed by atoms with E-state index in [1.54, 1.807) is 24.3 Å². The van der Waals surface area contributed by atoms with Crippen molar-refractivity contribution in [1.29, 1.82) is 0 Å².